The Bertz CT molecular complexity index is 442. The van der Waals surface area contributed by atoms with Gasteiger partial charge in [0.1, 0.15) is 5.75 Å². The number of rotatable bonds is 5. The minimum absolute atomic E-state index is 0.137. The molecule has 0 aromatic heterocycles. The average Bonchev–Trinajstić information content (AvgIpc) is 2.45. The molecule has 4 nitrogen and oxygen atoms in total. The van der Waals surface area contributed by atoms with E-state index < -0.39 is 0 Å². The summed E-state index contributed by atoms with van der Waals surface area (Å²) in [6.07, 6.45) is 0.137. The molecule has 5 heteroatoms. The molecule has 1 N–H and O–H groups in total. The summed E-state index contributed by atoms with van der Waals surface area (Å²) in [5.74, 6) is 0.707. The van der Waals surface area contributed by atoms with E-state index in [9.17, 15) is 0 Å². The number of likely N-dealkylation sites (N-methyl/N-ethyl adjacent to an activating group) is 2. The standard InChI is InChI=1S/C15H23ClN2O2/c1-4-17-10-14-15(18(2)7-8-20-14)11-5-6-13(19-3)12(16)9-11/h5-6,9,14-15,17H,4,7-8,10H2,1-3H3. The summed E-state index contributed by atoms with van der Waals surface area (Å²) in [7, 11) is 3.76. The van der Waals surface area contributed by atoms with Gasteiger partial charge in [0, 0.05) is 13.1 Å². The van der Waals surface area contributed by atoms with Gasteiger partial charge >= 0.3 is 0 Å². The van der Waals surface area contributed by atoms with E-state index in [0.717, 1.165) is 26.2 Å². The predicted molar refractivity (Wildman–Crippen MR) is 81.7 cm³/mol. The maximum atomic E-state index is 6.25. The third kappa shape index (κ3) is 3.44. The monoisotopic (exact) mass is 298 g/mol. The summed E-state index contributed by atoms with van der Waals surface area (Å²) in [5, 5.41) is 4.01. The zero-order valence-electron chi connectivity index (χ0n) is 12.4. The number of morpholine rings is 1. The van der Waals surface area contributed by atoms with Crippen LogP contribution < -0.4 is 10.1 Å². The third-order valence-electron chi connectivity index (χ3n) is 3.72. The second-order valence-corrected chi connectivity index (χ2v) is 5.44. The number of ether oxygens (including phenoxy) is 2. The van der Waals surface area contributed by atoms with E-state index in [4.69, 9.17) is 21.1 Å². The lowest BCUT2D eigenvalue weighted by Crippen LogP contribution is -2.47. The first kappa shape index (κ1) is 15.6. The Balaban J connectivity index is 2.22. The average molecular weight is 299 g/mol. The Hall–Kier alpha value is -0.810. The molecule has 2 unspecified atom stereocenters. The van der Waals surface area contributed by atoms with Gasteiger partial charge in [-0.15, -0.1) is 0 Å². The van der Waals surface area contributed by atoms with Crippen molar-refractivity contribution < 1.29 is 9.47 Å². The molecule has 0 aliphatic carbocycles. The SMILES string of the molecule is CCNCC1OCCN(C)C1c1ccc(OC)c(Cl)c1. The highest BCUT2D eigenvalue weighted by Crippen LogP contribution is 2.33. The van der Waals surface area contributed by atoms with Gasteiger partial charge < -0.3 is 14.8 Å². The molecule has 1 aromatic carbocycles. The van der Waals surface area contributed by atoms with Gasteiger partial charge in [-0.05, 0) is 31.3 Å². The fourth-order valence-electron chi connectivity index (χ4n) is 2.66. The van der Waals surface area contributed by atoms with E-state index in [-0.39, 0.29) is 12.1 Å². The second-order valence-electron chi connectivity index (χ2n) is 5.04. The van der Waals surface area contributed by atoms with Gasteiger partial charge in [0.05, 0.1) is 30.9 Å². The zero-order chi connectivity index (χ0) is 14.5. The van der Waals surface area contributed by atoms with Crippen LogP contribution in [0.15, 0.2) is 18.2 Å². The Kier molecular flexibility index (Phi) is 5.66. The molecule has 0 bridgehead atoms. The lowest BCUT2D eigenvalue weighted by Gasteiger charge is -2.39. The number of hydrogen-bond acceptors (Lipinski definition) is 4. The number of methoxy groups -OCH3 is 1. The first-order valence-electron chi connectivity index (χ1n) is 7.03. The van der Waals surface area contributed by atoms with Crippen LogP contribution in [0.2, 0.25) is 5.02 Å². The molecule has 1 fully saturated rings. The summed E-state index contributed by atoms with van der Waals surface area (Å²) >= 11 is 6.25. The van der Waals surface area contributed by atoms with Crippen LogP contribution in [0.25, 0.3) is 0 Å². The number of halogens is 1. The molecule has 112 valence electrons. The molecule has 0 spiro atoms. The van der Waals surface area contributed by atoms with Crippen LogP contribution in [-0.4, -0.2) is 51.4 Å². The molecule has 1 heterocycles. The van der Waals surface area contributed by atoms with Crippen LogP contribution in [0.4, 0.5) is 0 Å². The van der Waals surface area contributed by atoms with Crippen molar-refractivity contribution in [3.63, 3.8) is 0 Å². The summed E-state index contributed by atoms with van der Waals surface area (Å²) in [6.45, 7) is 5.59. The zero-order valence-corrected chi connectivity index (χ0v) is 13.1. The molecule has 0 amide bonds. The van der Waals surface area contributed by atoms with Crippen LogP contribution in [-0.2, 0) is 4.74 Å². The van der Waals surface area contributed by atoms with Crippen molar-refractivity contribution in [2.75, 3.05) is 40.4 Å². The molecule has 0 saturated carbocycles. The third-order valence-corrected chi connectivity index (χ3v) is 4.01. The van der Waals surface area contributed by atoms with Gasteiger partial charge in [0.25, 0.3) is 0 Å². The molecule has 20 heavy (non-hydrogen) atoms. The molecule has 0 radical (unpaired) electrons. The Morgan fingerprint density at radius 3 is 2.95 bits per heavy atom. The fourth-order valence-corrected chi connectivity index (χ4v) is 2.92. The van der Waals surface area contributed by atoms with Crippen molar-refractivity contribution in [2.45, 2.75) is 19.1 Å². The van der Waals surface area contributed by atoms with Gasteiger partial charge in [0.2, 0.25) is 0 Å². The minimum Gasteiger partial charge on any atom is -0.495 e. The van der Waals surface area contributed by atoms with Gasteiger partial charge in [0.15, 0.2) is 0 Å². The van der Waals surface area contributed by atoms with Gasteiger partial charge in [-0.25, -0.2) is 0 Å². The molecule has 1 saturated heterocycles. The van der Waals surface area contributed by atoms with Gasteiger partial charge in [-0.1, -0.05) is 24.6 Å². The lowest BCUT2D eigenvalue weighted by atomic mass is 9.98. The summed E-state index contributed by atoms with van der Waals surface area (Å²) in [5.41, 5.74) is 1.17. The Morgan fingerprint density at radius 2 is 2.30 bits per heavy atom. The molecular formula is C15H23ClN2O2. The van der Waals surface area contributed by atoms with Crippen LogP contribution in [0.5, 0.6) is 5.75 Å². The second kappa shape index (κ2) is 7.27. The van der Waals surface area contributed by atoms with Gasteiger partial charge in [-0.3, -0.25) is 4.90 Å². The predicted octanol–water partition coefficient (Wildman–Crippen LogP) is 2.33. The number of benzene rings is 1. The Labute approximate surface area is 126 Å². The molecule has 1 aliphatic rings. The number of nitrogens with one attached hydrogen (secondary N) is 1. The van der Waals surface area contributed by atoms with Crippen molar-refractivity contribution in [2.24, 2.45) is 0 Å². The van der Waals surface area contributed by atoms with Crippen LogP contribution in [0, 0.1) is 0 Å². The summed E-state index contributed by atoms with van der Waals surface area (Å²) < 4.78 is 11.2. The van der Waals surface area contributed by atoms with E-state index in [1.54, 1.807) is 7.11 Å². The smallest absolute Gasteiger partial charge is 0.137 e. The van der Waals surface area contributed by atoms with Crippen molar-refractivity contribution in [3.05, 3.63) is 28.8 Å². The lowest BCUT2D eigenvalue weighted by molar-refractivity contribution is -0.0611. The first-order chi connectivity index (χ1) is 9.67. The highest BCUT2D eigenvalue weighted by atomic mass is 35.5. The highest BCUT2D eigenvalue weighted by Gasteiger charge is 2.31. The maximum absolute atomic E-state index is 6.25. The fraction of sp³-hybridized carbons (Fsp3) is 0.600. The van der Waals surface area contributed by atoms with Gasteiger partial charge in [-0.2, -0.15) is 0 Å². The quantitative estimate of drug-likeness (QED) is 0.905. The van der Waals surface area contributed by atoms with Crippen LogP contribution in [0.3, 0.4) is 0 Å². The Morgan fingerprint density at radius 1 is 1.50 bits per heavy atom. The van der Waals surface area contributed by atoms with E-state index in [1.165, 1.54) is 5.56 Å². The molecule has 1 aromatic rings. The minimum atomic E-state index is 0.137. The van der Waals surface area contributed by atoms with E-state index >= 15 is 0 Å². The first-order valence-corrected chi connectivity index (χ1v) is 7.41. The van der Waals surface area contributed by atoms with E-state index in [1.807, 2.05) is 12.1 Å². The van der Waals surface area contributed by atoms with Crippen molar-refractivity contribution >= 4 is 11.6 Å². The van der Waals surface area contributed by atoms with E-state index in [0.29, 0.717) is 10.8 Å². The highest BCUT2D eigenvalue weighted by molar-refractivity contribution is 6.32. The van der Waals surface area contributed by atoms with Crippen LogP contribution in [0.1, 0.15) is 18.5 Å². The van der Waals surface area contributed by atoms with Crippen molar-refractivity contribution in [1.82, 2.24) is 10.2 Å². The molecule has 1 aliphatic heterocycles. The van der Waals surface area contributed by atoms with E-state index in [2.05, 4.69) is 30.3 Å². The summed E-state index contributed by atoms with van der Waals surface area (Å²) in [6, 6.07) is 6.19. The summed E-state index contributed by atoms with van der Waals surface area (Å²) in [4.78, 5) is 2.32. The van der Waals surface area contributed by atoms with Crippen LogP contribution >= 0.6 is 11.6 Å². The number of hydrogen-bond donors (Lipinski definition) is 1. The number of nitrogens with zero attached hydrogens (tertiary/aromatic N) is 1. The van der Waals surface area contributed by atoms with Crippen molar-refractivity contribution in [3.8, 4) is 5.75 Å². The maximum Gasteiger partial charge on any atom is 0.137 e. The van der Waals surface area contributed by atoms with Crippen molar-refractivity contribution in [1.29, 1.82) is 0 Å². The normalized spacial score (nSPS) is 23.8. The topological polar surface area (TPSA) is 33.7 Å². The molecule has 2 rings (SSSR count). The molecular weight excluding hydrogens is 276 g/mol. The largest absolute Gasteiger partial charge is 0.495 e. The molecule has 2 atom stereocenters.